The number of thioether (sulfide) groups is 1. The molecule has 0 saturated heterocycles. The van der Waals surface area contributed by atoms with Crippen molar-refractivity contribution in [1.82, 2.24) is 20.2 Å². The van der Waals surface area contributed by atoms with Gasteiger partial charge in [0.25, 0.3) is 5.56 Å². The van der Waals surface area contributed by atoms with Gasteiger partial charge in [-0.3, -0.25) is 19.5 Å². The third-order valence-corrected chi connectivity index (χ3v) is 5.61. The molecule has 31 heavy (non-hydrogen) atoms. The smallest absolute Gasteiger partial charge is 0.321 e. The lowest BCUT2D eigenvalue weighted by Crippen LogP contribution is -2.41. The molecule has 0 radical (unpaired) electrons. The summed E-state index contributed by atoms with van der Waals surface area (Å²) in [6.45, 7) is 4.61. The minimum Gasteiger partial charge on any atom is -0.383 e. The standard InChI is InChI=1S/C22H24N4O4S/c1-14-8-9-16(12-15(14)2)26-20(28)17-6-4-5-7-18(17)24-22(26)31-13-19(27)25-21(29)23-10-11-30-3/h4-9,12H,10-11,13H2,1-3H3,(H2,23,25,27,29). The van der Waals surface area contributed by atoms with Gasteiger partial charge in [-0.05, 0) is 49.2 Å². The molecule has 0 fully saturated rings. The number of hydrogen-bond donors (Lipinski definition) is 2. The maximum atomic E-state index is 13.2. The first-order chi connectivity index (χ1) is 14.9. The summed E-state index contributed by atoms with van der Waals surface area (Å²) in [6.07, 6.45) is 0. The van der Waals surface area contributed by atoms with Crippen LogP contribution in [-0.4, -0.2) is 47.5 Å². The molecule has 0 bridgehead atoms. The second-order valence-electron chi connectivity index (χ2n) is 6.91. The average molecular weight is 441 g/mol. The van der Waals surface area contributed by atoms with E-state index in [-0.39, 0.29) is 11.3 Å². The first kappa shape index (κ1) is 22.5. The van der Waals surface area contributed by atoms with Crippen molar-refractivity contribution in [3.8, 4) is 5.69 Å². The molecule has 3 amide bonds. The van der Waals surface area contributed by atoms with Gasteiger partial charge in [0.05, 0.1) is 29.0 Å². The summed E-state index contributed by atoms with van der Waals surface area (Å²) < 4.78 is 6.35. The van der Waals surface area contributed by atoms with E-state index in [2.05, 4.69) is 15.6 Å². The summed E-state index contributed by atoms with van der Waals surface area (Å²) in [5.74, 6) is -0.568. The monoisotopic (exact) mass is 440 g/mol. The molecule has 2 aromatic carbocycles. The van der Waals surface area contributed by atoms with Crippen molar-refractivity contribution in [1.29, 1.82) is 0 Å². The van der Waals surface area contributed by atoms with E-state index in [1.54, 1.807) is 24.3 Å². The number of ether oxygens (including phenoxy) is 1. The quantitative estimate of drug-likeness (QED) is 0.333. The van der Waals surface area contributed by atoms with Gasteiger partial charge in [0.1, 0.15) is 0 Å². The van der Waals surface area contributed by atoms with Crippen LogP contribution in [0.4, 0.5) is 4.79 Å². The molecule has 3 rings (SSSR count). The predicted molar refractivity (Wildman–Crippen MR) is 121 cm³/mol. The molecule has 0 atom stereocenters. The zero-order valence-corrected chi connectivity index (χ0v) is 18.4. The first-order valence-electron chi connectivity index (χ1n) is 9.69. The average Bonchev–Trinajstić information content (AvgIpc) is 2.75. The second kappa shape index (κ2) is 10.2. The van der Waals surface area contributed by atoms with E-state index in [4.69, 9.17) is 4.74 Å². The third kappa shape index (κ3) is 5.50. The second-order valence-corrected chi connectivity index (χ2v) is 7.85. The Balaban J connectivity index is 1.88. The fourth-order valence-electron chi connectivity index (χ4n) is 2.91. The highest BCUT2D eigenvalue weighted by atomic mass is 32.2. The number of amides is 3. The predicted octanol–water partition coefficient (Wildman–Crippen LogP) is 2.57. The number of aromatic nitrogens is 2. The zero-order chi connectivity index (χ0) is 22.4. The number of carbonyl (C=O) groups is 2. The number of fused-ring (bicyclic) bond motifs is 1. The zero-order valence-electron chi connectivity index (χ0n) is 17.6. The van der Waals surface area contributed by atoms with Gasteiger partial charge in [-0.25, -0.2) is 9.78 Å². The maximum Gasteiger partial charge on any atom is 0.321 e. The summed E-state index contributed by atoms with van der Waals surface area (Å²) >= 11 is 1.09. The van der Waals surface area contributed by atoms with Crippen LogP contribution in [0.2, 0.25) is 0 Å². The van der Waals surface area contributed by atoms with Crippen LogP contribution < -0.4 is 16.2 Å². The van der Waals surface area contributed by atoms with E-state index in [1.165, 1.54) is 11.7 Å². The number of methoxy groups -OCH3 is 1. The number of hydrogen-bond acceptors (Lipinski definition) is 6. The van der Waals surface area contributed by atoms with Gasteiger partial charge in [0, 0.05) is 13.7 Å². The maximum absolute atomic E-state index is 13.2. The number of carbonyl (C=O) groups excluding carboxylic acids is 2. The number of urea groups is 1. The number of nitrogens with one attached hydrogen (secondary N) is 2. The Hall–Kier alpha value is -3.17. The summed E-state index contributed by atoms with van der Waals surface area (Å²) in [6, 6.07) is 12.2. The molecule has 0 aliphatic heterocycles. The van der Waals surface area contributed by atoms with E-state index in [0.29, 0.717) is 34.9 Å². The molecule has 8 nitrogen and oxygen atoms in total. The molecular formula is C22H24N4O4S. The Labute approximate surface area is 184 Å². The molecule has 1 heterocycles. The van der Waals surface area contributed by atoms with Gasteiger partial charge in [0.15, 0.2) is 5.16 Å². The van der Waals surface area contributed by atoms with Crippen LogP contribution in [0.3, 0.4) is 0 Å². The topological polar surface area (TPSA) is 102 Å². The van der Waals surface area contributed by atoms with Crippen LogP contribution in [0.1, 0.15) is 11.1 Å². The molecule has 0 unspecified atom stereocenters. The van der Waals surface area contributed by atoms with Gasteiger partial charge in [-0.15, -0.1) is 0 Å². The minimum absolute atomic E-state index is 0.0761. The lowest BCUT2D eigenvalue weighted by Gasteiger charge is -2.14. The van der Waals surface area contributed by atoms with Gasteiger partial charge >= 0.3 is 6.03 Å². The summed E-state index contributed by atoms with van der Waals surface area (Å²) in [5, 5.41) is 5.64. The highest BCUT2D eigenvalue weighted by Crippen LogP contribution is 2.22. The van der Waals surface area contributed by atoms with Crippen LogP contribution in [0, 0.1) is 13.8 Å². The first-order valence-corrected chi connectivity index (χ1v) is 10.7. The Morgan fingerprint density at radius 2 is 1.90 bits per heavy atom. The van der Waals surface area contributed by atoms with E-state index in [9.17, 15) is 14.4 Å². The number of benzene rings is 2. The number of para-hydroxylation sites is 1. The highest BCUT2D eigenvalue weighted by molar-refractivity contribution is 7.99. The molecule has 2 N–H and O–H groups in total. The molecule has 1 aromatic heterocycles. The van der Waals surface area contributed by atoms with Crippen LogP contribution in [0.5, 0.6) is 0 Å². The SMILES string of the molecule is COCCNC(=O)NC(=O)CSc1nc2ccccc2c(=O)n1-c1ccc(C)c(C)c1. The molecular weight excluding hydrogens is 416 g/mol. The number of rotatable bonds is 7. The van der Waals surface area contributed by atoms with E-state index >= 15 is 0 Å². The third-order valence-electron chi connectivity index (χ3n) is 4.67. The Morgan fingerprint density at radius 3 is 2.65 bits per heavy atom. The van der Waals surface area contributed by atoms with E-state index in [1.807, 2.05) is 32.0 Å². The molecule has 0 spiro atoms. The van der Waals surface area contributed by atoms with Crippen molar-refractivity contribution in [2.24, 2.45) is 0 Å². The summed E-state index contributed by atoms with van der Waals surface area (Å²) in [4.78, 5) is 41.8. The van der Waals surface area contributed by atoms with Gasteiger partial charge < -0.3 is 10.1 Å². The van der Waals surface area contributed by atoms with Gasteiger partial charge in [-0.2, -0.15) is 0 Å². The van der Waals surface area contributed by atoms with Crippen molar-refractivity contribution < 1.29 is 14.3 Å². The number of nitrogens with zero attached hydrogens (tertiary/aromatic N) is 2. The summed E-state index contributed by atoms with van der Waals surface area (Å²) in [5.41, 5.74) is 3.16. The fraction of sp³-hybridized carbons (Fsp3) is 0.273. The molecule has 3 aromatic rings. The fourth-order valence-corrected chi connectivity index (χ4v) is 3.72. The van der Waals surface area contributed by atoms with Crippen molar-refractivity contribution in [2.75, 3.05) is 26.0 Å². The van der Waals surface area contributed by atoms with Crippen LogP contribution in [-0.2, 0) is 9.53 Å². The normalized spacial score (nSPS) is 10.8. The largest absolute Gasteiger partial charge is 0.383 e. The number of imide groups is 1. The molecule has 162 valence electrons. The molecule has 0 aliphatic carbocycles. The molecule has 9 heteroatoms. The van der Waals surface area contributed by atoms with Crippen molar-refractivity contribution in [3.05, 3.63) is 63.9 Å². The van der Waals surface area contributed by atoms with E-state index in [0.717, 1.165) is 22.9 Å². The Bertz CT molecular complexity index is 1180. The molecule has 0 aliphatic rings. The van der Waals surface area contributed by atoms with Gasteiger partial charge in [0.2, 0.25) is 5.91 Å². The lowest BCUT2D eigenvalue weighted by molar-refractivity contribution is -0.117. The molecule has 0 saturated carbocycles. The van der Waals surface area contributed by atoms with Crippen LogP contribution in [0.25, 0.3) is 16.6 Å². The lowest BCUT2D eigenvalue weighted by atomic mass is 10.1. The summed E-state index contributed by atoms with van der Waals surface area (Å²) in [7, 11) is 1.52. The van der Waals surface area contributed by atoms with E-state index < -0.39 is 11.9 Å². The van der Waals surface area contributed by atoms with Gasteiger partial charge in [-0.1, -0.05) is 30.0 Å². The Morgan fingerprint density at radius 1 is 1.13 bits per heavy atom. The van der Waals surface area contributed by atoms with Crippen molar-refractivity contribution in [3.63, 3.8) is 0 Å². The van der Waals surface area contributed by atoms with Crippen molar-refractivity contribution in [2.45, 2.75) is 19.0 Å². The van der Waals surface area contributed by atoms with Crippen molar-refractivity contribution >= 4 is 34.6 Å². The van der Waals surface area contributed by atoms with Crippen LogP contribution >= 0.6 is 11.8 Å². The minimum atomic E-state index is -0.597. The van der Waals surface area contributed by atoms with Crippen LogP contribution in [0.15, 0.2) is 52.4 Å². The highest BCUT2D eigenvalue weighted by Gasteiger charge is 2.16. The number of aryl methyl sites for hydroxylation is 2. The Kier molecular flexibility index (Phi) is 7.43.